The highest BCUT2D eigenvalue weighted by molar-refractivity contribution is 5.94. The second-order valence-corrected chi connectivity index (χ2v) is 7.25. The van der Waals surface area contributed by atoms with Crippen molar-refractivity contribution >= 4 is 11.6 Å². The van der Waals surface area contributed by atoms with Gasteiger partial charge in [-0.2, -0.15) is 0 Å². The molecule has 0 radical (unpaired) electrons. The molecule has 2 unspecified atom stereocenters. The van der Waals surface area contributed by atoms with Crippen LogP contribution >= 0.6 is 0 Å². The van der Waals surface area contributed by atoms with Crippen LogP contribution in [0.2, 0.25) is 0 Å². The van der Waals surface area contributed by atoms with E-state index in [2.05, 4.69) is 12.2 Å². The first-order valence-corrected chi connectivity index (χ1v) is 10.3. The Morgan fingerprint density at radius 2 is 1.89 bits per heavy atom. The Hall–Kier alpha value is -1.88. The van der Waals surface area contributed by atoms with Gasteiger partial charge in [0.2, 0.25) is 0 Å². The summed E-state index contributed by atoms with van der Waals surface area (Å²) in [6, 6.07) is 7.45. The van der Waals surface area contributed by atoms with Gasteiger partial charge in [0.05, 0.1) is 6.61 Å². The fourth-order valence-electron chi connectivity index (χ4n) is 3.68. The van der Waals surface area contributed by atoms with E-state index < -0.39 is 0 Å². The fraction of sp³-hybridized carbons (Fsp3) is 0.636. The summed E-state index contributed by atoms with van der Waals surface area (Å²) in [5.74, 6) is 1.10. The van der Waals surface area contributed by atoms with E-state index in [1.54, 1.807) is 0 Å². The van der Waals surface area contributed by atoms with Crippen LogP contribution in [0.15, 0.2) is 24.3 Å². The lowest BCUT2D eigenvalue weighted by Gasteiger charge is -2.32. The molecule has 0 spiro atoms. The molecule has 1 fully saturated rings. The largest absolute Gasteiger partial charge is 0.491 e. The van der Waals surface area contributed by atoms with Gasteiger partial charge in [-0.1, -0.05) is 26.2 Å². The lowest BCUT2D eigenvalue weighted by Crippen LogP contribution is -2.42. The zero-order chi connectivity index (χ0) is 19.5. The molecule has 0 heterocycles. The Balaban J connectivity index is 1.87. The molecule has 2 atom stereocenters. The smallest absolute Gasteiger partial charge is 0.251 e. The molecule has 1 aliphatic rings. The van der Waals surface area contributed by atoms with Gasteiger partial charge >= 0.3 is 0 Å². The standard InChI is InChI=1S/C22H34N2O3/c1-3-7-19(23)16-18-8-5-6-9-21(18)24-22(25)17-10-12-20(13-11-17)27-15-14-26-4-2/h10-13,18,21,23H,3-9,14-16H2,1-2H3,(H,24,25). The molecular formula is C22H34N2O3. The number of nitrogens with one attached hydrogen (secondary N) is 2. The molecule has 1 saturated carbocycles. The van der Waals surface area contributed by atoms with Crippen molar-refractivity contribution in [2.75, 3.05) is 19.8 Å². The predicted octanol–water partition coefficient (Wildman–Crippen LogP) is 4.60. The third-order valence-electron chi connectivity index (χ3n) is 5.10. The Bertz CT molecular complexity index is 586. The molecule has 2 rings (SSSR count). The number of rotatable bonds is 11. The van der Waals surface area contributed by atoms with Crippen molar-refractivity contribution in [3.05, 3.63) is 29.8 Å². The minimum Gasteiger partial charge on any atom is -0.491 e. The summed E-state index contributed by atoms with van der Waals surface area (Å²) >= 11 is 0. The highest BCUT2D eigenvalue weighted by atomic mass is 16.5. The topological polar surface area (TPSA) is 71.4 Å². The summed E-state index contributed by atoms with van der Waals surface area (Å²) < 4.78 is 10.8. The van der Waals surface area contributed by atoms with Gasteiger partial charge in [0.15, 0.2) is 0 Å². The van der Waals surface area contributed by atoms with E-state index in [-0.39, 0.29) is 11.9 Å². The molecule has 5 nitrogen and oxygen atoms in total. The summed E-state index contributed by atoms with van der Waals surface area (Å²) in [6.45, 7) is 5.82. The lowest BCUT2D eigenvalue weighted by molar-refractivity contribution is 0.0907. The maximum Gasteiger partial charge on any atom is 0.251 e. The first-order chi connectivity index (χ1) is 13.1. The maximum absolute atomic E-state index is 12.7. The van der Waals surface area contributed by atoms with Crippen molar-refractivity contribution in [3.63, 3.8) is 0 Å². The Morgan fingerprint density at radius 3 is 2.59 bits per heavy atom. The number of carbonyl (C=O) groups is 1. The Morgan fingerprint density at radius 1 is 1.15 bits per heavy atom. The Kier molecular flexibility index (Phi) is 9.32. The molecule has 1 amide bonds. The molecule has 0 aromatic heterocycles. The molecule has 0 saturated heterocycles. The highest BCUT2D eigenvalue weighted by Crippen LogP contribution is 2.28. The van der Waals surface area contributed by atoms with E-state index >= 15 is 0 Å². The molecule has 5 heteroatoms. The first kappa shape index (κ1) is 21.4. The van der Waals surface area contributed by atoms with E-state index in [1.807, 2.05) is 31.2 Å². The minimum atomic E-state index is -0.0326. The van der Waals surface area contributed by atoms with Gasteiger partial charge in [-0.3, -0.25) is 4.79 Å². The number of hydrogen-bond donors (Lipinski definition) is 2. The van der Waals surface area contributed by atoms with E-state index in [1.165, 1.54) is 6.42 Å². The van der Waals surface area contributed by atoms with Crippen LogP contribution in [0.4, 0.5) is 0 Å². The molecular weight excluding hydrogens is 340 g/mol. The average Bonchev–Trinajstić information content (AvgIpc) is 2.67. The van der Waals surface area contributed by atoms with Crippen LogP contribution in [0.1, 0.15) is 69.2 Å². The molecule has 27 heavy (non-hydrogen) atoms. The van der Waals surface area contributed by atoms with Gasteiger partial charge in [-0.15, -0.1) is 0 Å². The number of ether oxygens (including phenoxy) is 2. The van der Waals surface area contributed by atoms with E-state index in [0.717, 1.165) is 50.0 Å². The maximum atomic E-state index is 12.7. The van der Waals surface area contributed by atoms with Crippen LogP contribution in [0, 0.1) is 11.3 Å². The van der Waals surface area contributed by atoms with Gasteiger partial charge in [-0.05, 0) is 62.8 Å². The van der Waals surface area contributed by atoms with E-state index in [9.17, 15) is 4.79 Å². The van der Waals surface area contributed by atoms with Crippen molar-refractivity contribution in [2.24, 2.45) is 5.92 Å². The summed E-state index contributed by atoms with van der Waals surface area (Å²) in [7, 11) is 0. The molecule has 1 aliphatic carbocycles. The predicted molar refractivity (Wildman–Crippen MR) is 109 cm³/mol. The van der Waals surface area contributed by atoms with Crippen molar-refractivity contribution in [3.8, 4) is 5.75 Å². The summed E-state index contributed by atoms with van der Waals surface area (Å²) in [4.78, 5) is 12.7. The summed E-state index contributed by atoms with van der Waals surface area (Å²) in [5, 5.41) is 11.3. The van der Waals surface area contributed by atoms with Crippen LogP contribution in [0.3, 0.4) is 0 Å². The first-order valence-electron chi connectivity index (χ1n) is 10.3. The quantitative estimate of drug-likeness (QED) is 0.439. The molecule has 1 aromatic rings. The van der Waals surface area contributed by atoms with Crippen molar-refractivity contribution in [1.82, 2.24) is 5.32 Å². The third-order valence-corrected chi connectivity index (χ3v) is 5.10. The lowest BCUT2D eigenvalue weighted by atomic mass is 9.80. The van der Waals surface area contributed by atoms with E-state index in [0.29, 0.717) is 31.3 Å². The second-order valence-electron chi connectivity index (χ2n) is 7.25. The SMILES string of the molecule is CCCC(=N)CC1CCCCC1NC(=O)c1ccc(OCCOCC)cc1. The fourth-order valence-corrected chi connectivity index (χ4v) is 3.68. The monoisotopic (exact) mass is 374 g/mol. The van der Waals surface area contributed by atoms with Gasteiger partial charge in [0.25, 0.3) is 5.91 Å². The van der Waals surface area contributed by atoms with Crippen LogP contribution < -0.4 is 10.1 Å². The van der Waals surface area contributed by atoms with Gasteiger partial charge in [0, 0.05) is 23.9 Å². The molecule has 1 aromatic carbocycles. The van der Waals surface area contributed by atoms with Crippen molar-refractivity contribution in [2.45, 2.75) is 64.8 Å². The molecule has 2 N–H and O–H groups in total. The number of benzene rings is 1. The zero-order valence-electron chi connectivity index (χ0n) is 16.8. The van der Waals surface area contributed by atoms with Crippen LogP contribution in [-0.4, -0.2) is 37.5 Å². The number of amides is 1. The normalized spacial score (nSPS) is 19.5. The van der Waals surface area contributed by atoms with Gasteiger partial charge in [0.1, 0.15) is 12.4 Å². The molecule has 0 aliphatic heterocycles. The van der Waals surface area contributed by atoms with Crippen LogP contribution in [0.5, 0.6) is 5.75 Å². The second kappa shape index (κ2) is 11.8. The van der Waals surface area contributed by atoms with Crippen LogP contribution in [-0.2, 0) is 4.74 Å². The van der Waals surface area contributed by atoms with Crippen molar-refractivity contribution in [1.29, 1.82) is 5.41 Å². The zero-order valence-corrected chi connectivity index (χ0v) is 16.8. The average molecular weight is 375 g/mol. The van der Waals surface area contributed by atoms with E-state index in [4.69, 9.17) is 14.9 Å². The highest BCUT2D eigenvalue weighted by Gasteiger charge is 2.27. The minimum absolute atomic E-state index is 0.0326. The van der Waals surface area contributed by atoms with Gasteiger partial charge < -0.3 is 20.2 Å². The van der Waals surface area contributed by atoms with Crippen molar-refractivity contribution < 1.29 is 14.3 Å². The van der Waals surface area contributed by atoms with Gasteiger partial charge in [-0.25, -0.2) is 0 Å². The summed E-state index contributed by atoms with van der Waals surface area (Å²) in [5.41, 5.74) is 1.47. The number of carbonyl (C=O) groups excluding carboxylic acids is 1. The molecule has 150 valence electrons. The summed E-state index contributed by atoms with van der Waals surface area (Å²) in [6.07, 6.45) is 7.15. The molecule has 0 bridgehead atoms. The third kappa shape index (κ3) is 7.33. The van der Waals surface area contributed by atoms with Crippen LogP contribution in [0.25, 0.3) is 0 Å². The number of hydrogen-bond acceptors (Lipinski definition) is 4. The Labute approximate surface area is 163 Å².